The van der Waals surface area contributed by atoms with Crippen molar-refractivity contribution in [2.45, 2.75) is 19.1 Å². The van der Waals surface area contributed by atoms with Crippen LogP contribution in [0.1, 0.15) is 13.8 Å². The molecule has 72 valence electrons. The van der Waals surface area contributed by atoms with E-state index < -0.39 is 0 Å². The first-order chi connectivity index (χ1) is 5.61. The van der Waals surface area contributed by atoms with Gasteiger partial charge in [0.2, 0.25) is 5.91 Å². The molecule has 1 N–H and O–H groups in total. The summed E-state index contributed by atoms with van der Waals surface area (Å²) >= 11 is 1.49. The monoisotopic (exact) mass is 191 g/mol. The smallest absolute Gasteiger partial charge is 0.232 e. The molecule has 0 fully saturated rings. The lowest BCUT2D eigenvalue weighted by Gasteiger charge is -2.15. The van der Waals surface area contributed by atoms with Crippen LogP contribution in [0.25, 0.3) is 0 Å². The largest absolute Gasteiger partial charge is 0.395 e. The van der Waals surface area contributed by atoms with Crippen molar-refractivity contribution < 1.29 is 9.90 Å². The Labute approximate surface area is 78.1 Å². The van der Waals surface area contributed by atoms with Crippen molar-refractivity contribution in [2.24, 2.45) is 0 Å². The lowest BCUT2D eigenvalue weighted by Crippen LogP contribution is -2.28. The van der Waals surface area contributed by atoms with Gasteiger partial charge in [-0.25, -0.2) is 0 Å². The minimum Gasteiger partial charge on any atom is -0.395 e. The Balaban J connectivity index is 3.56. The first-order valence-corrected chi connectivity index (χ1v) is 5.13. The van der Waals surface area contributed by atoms with Crippen molar-refractivity contribution in [1.29, 1.82) is 0 Å². The van der Waals surface area contributed by atoms with Gasteiger partial charge < -0.3 is 10.0 Å². The fraction of sp³-hybridized carbons (Fsp3) is 0.875. The van der Waals surface area contributed by atoms with Crippen molar-refractivity contribution >= 4 is 17.7 Å². The molecule has 0 saturated heterocycles. The summed E-state index contributed by atoms with van der Waals surface area (Å²) in [6, 6.07) is 0. The molecule has 1 amide bonds. The minimum absolute atomic E-state index is 0.128. The van der Waals surface area contributed by atoms with E-state index in [2.05, 4.69) is 0 Å². The van der Waals surface area contributed by atoms with E-state index in [-0.39, 0.29) is 17.8 Å². The highest BCUT2D eigenvalue weighted by Gasteiger charge is 2.08. The average molecular weight is 191 g/mol. The van der Waals surface area contributed by atoms with Crippen molar-refractivity contribution in [2.75, 3.05) is 26.0 Å². The van der Waals surface area contributed by atoms with Gasteiger partial charge in [-0.3, -0.25) is 4.79 Å². The van der Waals surface area contributed by atoms with Crippen molar-refractivity contribution in [1.82, 2.24) is 4.90 Å². The van der Waals surface area contributed by atoms with Crippen LogP contribution in [-0.2, 0) is 4.79 Å². The van der Waals surface area contributed by atoms with Crippen molar-refractivity contribution in [3.05, 3.63) is 0 Å². The number of aliphatic hydroxyl groups is 1. The zero-order valence-corrected chi connectivity index (χ0v) is 8.73. The van der Waals surface area contributed by atoms with E-state index in [4.69, 9.17) is 5.11 Å². The fourth-order valence-electron chi connectivity index (χ4n) is 0.553. The molecule has 3 nitrogen and oxygen atoms in total. The van der Waals surface area contributed by atoms with Gasteiger partial charge in [0.1, 0.15) is 0 Å². The molecule has 0 heterocycles. The molecule has 0 aliphatic heterocycles. The van der Waals surface area contributed by atoms with Crippen LogP contribution in [0.2, 0.25) is 0 Å². The molecule has 0 spiro atoms. The van der Waals surface area contributed by atoms with E-state index in [1.807, 2.05) is 13.8 Å². The first kappa shape index (κ1) is 11.8. The second kappa shape index (κ2) is 6.31. The molecule has 0 rings (SSSR count). The lowest BCUT2D eigenvalue weighted by atomic mass is 10.5. The number of carbonyl (C=O) groups is 1. The normalized spacial score (nSPS) is 12.7. The van der Waals surface area contributed by atoms with Gasteiger partial charge in [0.15, 0.2) is 0 Å². The molecule has 12 heavy (non-hydrogen) atoms. The minimum atomic E-state index is 0.128. The summed E-state index contributed by atoms with van der Waals surface area (Å²) in [5.74, 6) is 0.592. The van der Waals surface area contributed by atoms with Crippen molar-refractivity contribution in [3.8, 4) is 0 Å². The Kier molecular flexibility index (Phi) is 6.20. The SMILES string of the molecule is CCN(C)C(=O)CSC(C)CO. The van der Waals surface area contributed by atoms with Crippen LogP contribution in [0.5, 0.6) is 0 Å². The van der Waals surface area contributed by atoms with Gasteiger partial charge in [0.25, 0.3) is 0 Å². The Morgan fingerprint density at radius 1 is 1.67 bits per heavy atom. The molecule has 0 aliphatic carbocycles. The van der Waals surface area contributed by atoms with Crippen LogP contribution in [0.3, 0.4) is 0 Å². The summed E-state index contributed by atoms with van der Waals surface area (Å²) in [4.78, 5) is 12.9. The van der Waals surface area contributed by atoms with E-state index >= 15 is 0 Å². The summed E-state index contributed by atoms with van der Waals surface area (Å²) in [6.07, 6.45) is 0. The fourth-order valence-corrected chi connectivity index (χ4v) is 1.31. The van der Waals surface area contributed by atoms with E-state index in [1.54, 1.807) is 11.9 Å². The molecular formula is C8H17NO2S. The highest BCUT2D eigenvalue weighted by molar-refractivity contribution is 8.00. The van der Waals surface area contributed by atoms with Crippen LogP contribution in [0.15, 0.2) is 0 Å². The molecule has 0 aromatic rings. The van der Waals surface area contributed by atoms with E-state index in [0.717, 1.165) is 6.54 Å². The quantitative estimate of drug-likeness (QED) is 0.691. The zero-order chi connectivity index (χ0) is 9.56. The van der Waals surface area contributed by atoms with Gasteiger partial charge in [-0.15, -0.1) is 11.8 Å². The van der Waals surface area contributed by atoms with Gasteiger partial charge in [0, 0.05) is 18.8 Å². The Hall–Kier alpha value is -0.220. The summed E-state index contributed by atoms with van der Waals surface area (Å²) < 4.78 is 0. The standard InChI is InChI=1S/C8H17NO2S/c1-4-9(3)8(11)6-12-7(2)5-10/h7,10H,4-6H2,1-3H3. The third kappa shape index (κ3) is 4.62. The van der Waals surface area contributed by atoms with Crippen LogP contribution in [-0.4, -0.2) is 47.1 Å². The van der Waals surface area contributed by atoms with E-state index in [0.29, 0.717) is 5.75 Å². The van der Waals surface area contributed by atoms with Crippen LogP contribution < -0.4 is 0 Å². The maximum Gasteiger partial charge on any atom is 0.232 e. The van der Waals surface area contributed by atoms with E-state index in [1.165, 1.54) is 11.8 Å². The molecule has 0 radical (unpaired) electrons. The molecule has 0 saturated carbocycles. The van der Waals surface area contributed by atoms with Gasteiger partial charge in [-0.1, -0.05) is 6.92 Å². The number of rotatable bonds is 5. The number of thioether (sulfide) groups is 1. The second-order valence-corrected chi connectivity index (χ2v) is 4.14. The van der Waals surface area contributed by atoms with Crippen LogP contribution in [0, 0.1) is 0 Å². The van der Waals surface area contributed by atoms with Crippen LogP contribution in [0.4, 0.5) is 0 Å². The third-order valence-corrected chi connectivity index (χ3v) is 2.78. The van der Waals surface area contributed by atoms with Gasteiger partial charge >= 0.3 is 0 Å². The zero-order valence-electron chi connectivity index (χ0n) is 7.91. The molecule has 0 bridgehead atoms. The first-order valence-electron chi connectivity index (χ1n) is 4.08. The molecule has 0 aromatic heterocycles. The number of hydrogen-bond acceptors (Lipinski definition) is 3. The maximum absolute atomic E-state index is 11.2. The van der Waals surface area contributed by atoms with Crippen LogP contribution >= 0.6 is 11.8 Å². The molecule has 4 heteroatoms. The Morgan fingerprint density at radius 3 is 2.67 bits per heavy atom. The van der Waals surface area contributed by atoms with Gasteiger partial charge in [0.05, 0.1) is 12.4 Å². The number of aliphatic hydroxyl groups excluding tert-OH is 1. The number of carbonyl (C=O) groups excluding carboxylic acids is 1. The molecule has 0 aromatic carbocycles. The maximum atomic E-state index is 11.2. The summed E-state index contributed by atoms with van der Waals surface area (Å²) in [5, 5.41) is 8.85. The predicted molar refractivity (Wildman–Crippen MR) is 52.3 cm³/mol. The molecular weight excluding hydrogens is 174 g/mol. The summed E-state index contributed by atoms with van der Waals surface area (Å²) in [5.41, 5.74) is 0. The Bertz CT molecular complexity index is 141. The highest BCUT2D eigenvalue weighted by Crippen LogP contribution is 2.09. The lowest BCUT2D eigenvalue weighted by molar-refractivity contribution is -0.126. The molecule has 1 atom stereocenters. The number of nitrogens with zero attached hydrogens (tertiary/aromatic N) is 1. The summed E-state index contributed by atoms with van der Waals surface area (Å²) in [6.45, 7) is 4.72. The van der Waals surface area contributed by atoms with Crippen molar-refractivity contribution in [3.63, 3.8) is 0 Å². The topological polar surface area (TPSA) is 40.5 Å². The molecule has 0 aliphatic rings. The number of hydrogen-bond donors (Lipinski definition) is 1. The van der Waals surface area contributed by atoms with Gasteiger partial charge in [-0.2, -0.15) is 0 Å². The highest BCUT2D eigenvalue weighted by atomic mass is 32.2. The second-order valence-electron chi connectivity index (χ2n) is 2.71. The van der Waals surface area contributed by atoms with Gasteiger partial charge in [-0.05, 0) is 6.92 Å². The predicted octanol–water partition coefficient (Wildman–Crippen LogP) is 0.579. The van der Waals surface area contributed by atoms with E-state index in [9.17, 15) is 4.79 Å². The average Bonchev–Trinajstić information content (AvgIpc) is 2.11. The Morgan fingerprint density at radius 2 is 2.25 bits per heavy atom. The third-order valence-electron chi connectivity index (χ3n) is 1.65. The molecule has 1 unspecified atom stereocenters. The number of amides is 1. The summed E-state index contributed by atoms with van der Waals surface area (Å²) in [7, 11) is 1.78.